The molecule has 0 radical (unpaired) electrons. The Morgan fingerprint density at radius 2 is 2.20 bits per heavy atom. The van der Waals surface area contributed by atoms with Crippen molar-refractivity contribution in [2.24, 2.45) is 5.92 Å². The van der Waals surface area contributed by atoms with Crippen LogP contribution >= 0.6 is 0 Å². The van der Waals surface area contributed by atoms with Crippen molar-refractivity contribution < 1.29 is 0 Å². The third-order valence-electron chi connectivity index (χ3n) is 3.15. The van der Waals surface area contributed by atoms with Crippen LogP contribution in [0.3, 0.4) is 0 Å². The standard InChI is InChI=1S/C17H29N3/c1-6-8-20(9-7-2)17-10-15(5)19-13-16(17)12-18-11-14(3)4/h6,10,13-14,18H,1,7-9,11-12H2,2-5H3. The predicted molar refractivity (Wildman–Crippen MR) is 88.2 cm³/mol. The lowest BCUT2D eigenvalue weighted by molar-refractivity contribution is 0.551. The van der Waals surface area contributed by atoms with E-state index in [1.165, 1.54) is 11.3 Å². The summed E-state index contributed by atoms with van der Waals surface area (Å²) in [5, 5.41) is 3.51. The Balaban J connectivity index is 2.89. The van der Waals surface area contributed by atoms with Crippen LogP contribution in [0.1, 0.15) is 38.4 Å². The van der Waals surface area contributed by atoms with Gasteiger partial charge in [-0.3, -0.25) is 4.98 Å². The number of nitrogens with one attached hydrogen (secondary N) is 1. The second-order valence-electron chi connectivity index (χ2n) is 5.71. The van der Waals surface area contributed by atoms with E-state index in [0.717, 1.165) is 38.3 Å². The topological polar surface area (TPSA) is 28.2 Å². The van der Waals surface area contributed by atoms with Gasteiger partial charge in [0, 0.05) is 42.8 Å². The second-order valence-corrected chi connectivity index (χ2v) is 5.71. The normalized spacial score (nSPS) is 10.8. The summed E-state index contributed by atoms with van der Waals surface area (Å²) >= 11 is 0. The highest BCUT2D eigenvalue weighted by Gasteiger charge is 2.10. The second kappa shape index (κ2) is 8.75. The monoisotopic (exact) mass is 275 g/mol. The van der Waals surface area contributed by atoms with E-state index in [9.17, 15) is 0 Å². The lowest BCUT2D eigenvalue weighted by atomic mass is 10.1. The van der Waals surface area contributed by atoms with Crippen molar-refractivity contribution in [2.45, 2.75) is 40.7 Å². The molecule has 0 saturated carbocycles. The number of aryl methyl sites for hydroxylation is 1. The van der Waals surface area contributed by atoms with Crippen molar-refractivity contribution in [3.8, 4) is 0 Å². The zero-order valence-corrected chi connectivity index (χ0v) is 13.4. The van der Waals surface area contributed by atoms with Gasteiger partial charge in [-0.25, -0.2) is 0 Å². The third-order valence-corrected chi connectivity index (χ3v) is 3.15. The molecule has 0 atom stereocenters. The maximum atomic E-state index is 4.45. The SMILES string of the molecule is C=CCN(CCC)c1cc(C)ncc1CNCC(C)C. The molecular weight excluding hydrogens is 246 g/mol. The highest BCUT2D eigenvalue weighted by molar-refractivity contribution is 5.54. The van der Waals surface area contributed by atoms with Crippen LogP contribution in [-0.4, -0.2) is 24.6 Å². The Labute approximate surface area is 124 Å². The van der Waals surface area contributed by atoms with Crippen molar-refractivity contribution in [2.75, 3.05) is 24.5 Å². The molecule has 0 aromatic carbocycles. The van der Waals surface area contributed by atoms with E-state index < -0.39 is 0 Å². The molecule has 1 rings (SSSR count). The number of rotatable bonds is 9. The van der Waals surface area contributed by atoms with Crippen molar-refractivity contribution in [1.82, 2.24) is 10.3 Å². The molecule has 3 heteroatoms. The summed E-state index contributed by atoms with van der Waals surface area (Å²) in [6.07, 6.45) is 5.11. The molecular formula is C17H29N3. The molecule has 0 amide bonds. The molecule has 0 aliphatic heterocycles. The Hall–Kier alpha value is -1.35. The van der Waals surface area contributed by atoms with Gasteiger partial charge in [0.15, 0.2) is 0 Å². The van der Waals surface area contributed by atoms with Gasteiger partial charge in [0.2, 0.25) is 0 Å². The average Bonchev–Trinajstić information content (AvgIpc) is 2.40. The van der Waals surface area contributed by atoms with E-state index in [2.05, 4.69) is 48.6 Å². The summed E-state index contributed by atoms with van der Waals surface area (Å²) in [5.41, 5.74) is 3.62. The molecule has 1 aromatic rings. The van der Waals surface area contributed by atoms with Gasteiger partial charge < -0.3 is 10.2 Å². The Morgan fingerprint density at radius 1 is 1.45 bits per heavy atom. The molecule has 112 valence electrons. The molecule has 3 nitrogen and oxygen atoms in total. The van der Waals surface area contributed by atoms with Gasteiger partial charge in [-0.15, -0.1) is 6.58 Å². The van der Waals surface area contributed by atoms with Gasteiger partial charge in [0.1, 0.15) is 0 Å². The maximum absolute atomic E-state index is 4.45. The Kier molecular flexibility index (Phi) is 7.31. The molecule has 1 heterocycles. The van der Waals surface area contributed by atoms with E-state index in [4.69, 9.17) is 0 Å². The van der Waals surface area contributed by atoms with Crippen LogP contribution in [0.2, 0.25) is 0 Å². The summed E-state index contributed by atoms with van der Waals surface area (Å²) in [6.45, 7) is 16.4. The number of pyridine rings is 1. The zero-order chi connectivity index (χ0) is 15.0. The number of hydrogen-bond donors (Lipinski definition) is 1. The molecule has 0 fully saturated rings. The van der Waals surface area contributed by atoms with E-state index >= 15 is 0 Å². The molecule has 0 bridgehead atoms. The number of anilines is 1. The maximum Gasteiger partial charge on any atom is 0.0448 e. The van der Waals surface area contributed by atoms with E-state index in [1.807, 2.05) is 19.2 Å². The van der Waals surface area contributed by atoms with E-state index in [-0.39, 0.29) is 0 Å². The zero-order valence-electron chi connectivity index (χ0n) is 13.4. The fourth-order valence-corrected chi connectivity index (χ4v) is 2.24. The molecule has 1 N–H and O–H groups in total. The molecule has 0 aliphatic rings. The Bertz CT molecular complexity index is 413. The minimum atomic E-state index is 0.664. The molecule has 1 aromatic heterocycles. The van der Waals surface area contributed by atoms with Crippen molar-refractivity contribution in [3.63, 3.8) is 0 Å². The van der Waals surface area contributed by atoms with Crippen molar-refractivity contribution in [3.05, 3.63) is 36.2 Å². The van der Waals surface area contributed by atoms with Gasteiger partial charge in [-0.05, 0) is 31.9 Å². The van der Waals surface area contributed by atoms with Crippen LogP contribution in [0.5, 0.6) is 0 Å². The fourth-order valence-electron chi connectivity index (χ4n) is 2.24. The summed E-state index contributed by atoms with van der Waals surface area (Å²) in [5.74, 6) is 0.664. The first-order valence-electron chi connectivity index (χ1n) is 7.60. The lowest BCUT2D eigenvalue weighted by Gasteiger charge is -2.26. The van der Waals surface area contributed by atoms with Gasteiger partial charge in [0.05, 0.1) is 0 Å². The van der Waals surface area contributed by atoms with Crippen molar-refractivity contribution in [1.29, 1.82) is 0 Å². The van der Waals surface area contributed by atoms with Crippen LogP contribution in [-0.2, 0) is 6.54 Å². The van der Waals surface area contributed by atoms with Gasteiger partial charge >= 0.3 is 0 Å². The number of nitrogens with zero attached hydrogens (tertiary/aromatic N) is 2. The molecule has 0 unspecified atom stereocenters. The van der Waals surface area contributed by atoms with Crippen LogP contribution in [0.4, 0.5) is 5.69 Å². The molecule has 20 heavy (non-hydrogen) atoms. The summed E-state index contributed by atoms with van der Waals surface area (Å²) in [4.78, 5) is 6.83. The fraction of sp³-hybridized carbons (Fsp3) is 0.588. The molecule has 0 spiro atoms. The first kappa shape index (κ1) is 16.7. The van der Waals surface area contributed by atoms with Crippen molar-refractivity contribution >= 4 is 5.69 Å². The number of aromatic nitrogens is 1. The minimum Gasteiger partial charge on any atom is -0.367 e. The summed E-state index contributed by atoms with van der Waals surface area (Å²) in [7, 11) is 0. The average molecular weight is 275 g/mol. The largest absolute Gasteiger partial charge is 0.367 e. The summed E-state index contributed by atoms with van der Waals surface area (Å²) in [6, 6.07) is 2.19. The van der Waals surface area contributed by atoms with Gasteiger partial charge in [-0.1, -0.05) is 26.8 Å². The van der Waals surface area contributed by atoms with Crippen LogP contribution in [0, 0.1) is 12.8 Å². The quantitative estimate of drug-likeness (QED) is 0.699. The molecule has 0 saturated heterocycles. The third kappa shape index (κ3) is 5.33. The Morgan fingerprint density at radius 3 is 2.80 bits per heavy atom. The van der Waals surface area contributed by atoms with Crippen LogP contribution in [0.25, 0.3) is 0 Å². The van der Waals surface area contributed by atoms with Gasteiger partial charge in [0.25, 0.3) is 0 Å². The first-order chi connectivity index (χ1) is 9.58. The van der Waals surface area contributed by atoms with Crippen LogP contribution < -0.4 is 10.2 Å². The van der Waals surface area contributed by atoms with E-state index in [1.54, 1.807) is 0 Å². The summed E-state index contributed by atoms with van der Waals surface area (Å²) < 4.78 is 0. The molecule has 0 aliphatic carbocycles. The minimum absolute atomic E-state index is 0.664. The van der Waals surface area contributed by atoms with E-state index in [0.29, 0.717) is 5.92 Å². The highest BCUT2D eigenvalue weighted by atomic mass is 15.1. The first-order valence-corrected chi connectivity index (χ1v) is 7.60. The lowest BCUT2D eigenvalue weighted by Crippen LogP contribution is -2.27. The van der Waals surface area contributed by atoms with Gasteiger partial charge in [-0.2, -0.15) is 0 Å². The highest BCUT2D eigenvalue weighted by Crippen LogP contribution is 2.21. The predicted octanol–water partition coefficient (Wildman–Crippen LogP) is 3.54. The van der Waals surface area contributed by atoms with Crippen LogP contribution in [0.15, 0.2) is 24.9 Å². The smallest absolute Gasteiger partial charge is 0.0448 e. The number of hydrogen-bond acceptors (Lipinski definition) is 3.